The fourth-order valence-corrected chi connectivity index (χ4v) is 1.87. The van der Waals surface area contributed by atoms with Crippen molar-refractivity contribution >= 4 is 29.8 Å². The van der Waals surface area contributed by atoms with Gasteiger partial charge in [0.25, 0.3) is 0 Å². The van der Waals surface area contributed by atoms with Crippen LogP contribution in [0.4, 0.5) is 16.2 Å². The van der Waals surface area contributed by atoms with E-state index in [1.807, 2.05) is 0 Å². The van der Waals surface area contributed by atoms with E-state index in [1.54, 1.807) is 24.3 Å². The third kappa shape index (κ3) is 6.04. The highest BCUT2D eigenvalue weighted by Crippen LogP contribution is 2.18. The second-order valence-corrected chi connectivity index (χ2v) is 4.97. The van der Waals surface area contributed by atoms with Gasteiger partial charge in [0, 0.05) is 5.69 Å². The van der Waals surface area contributed by atoms with Crippen molar-refractivity contribution in [3.8, 4) is 5.75 Å². The Morgan fingerprint density at radius 3 is 2.35 bits per heavy atom. The van der Waals surface area contributed by atoms with Crippen molar-refractivity contribution in [2.45, 2.75) is 6.61 Å². The molecule has 9 nitrogen and oxygen atoms in total. The molecule has 2 rings (SSSR count). The number of benzene rings is 2. The standard InChI is InChI=1S/C17H15N3O6/c21-11-18-9-16(22)19-13-3-1-12(2-4-13)10-25-17(23)26-15-7-5-14(20-24)6-8-15/h1-8,11H,9-10H2,(H,18,21)(H,19,22). The highest BCUT2D eigenvalue weighted by Gasteiger charge is 2.07. The quantitative estimate of drug-likeness (QED) is 0.324. The van der Waals surface area contributed by atoms with Gasteiger partial charge in [-0.1, -0.05) is 12.1 Å². The molecule has 2 amide bonds. The zero-order chi connectivity index (χ0) is 18.8. The molecule has 0 spiro atoms. The maximum atomic E-state index is 11.6. The summed E-state index contributed by atoms with van der Waals surface area (Å²) in [7, 11) is 0. The summed E-state index contributed by atoms with van der Waals surface area (Å²) in [4.78, 5) is 43.5. The van der Waals surface area contributed by atoms with Crippen LogP contribution in [0.15, 0.2) is 53.7 Å². The number of anilines is 1. The van der Waals surface area contributed by atoms with Gasteiger partial charge in [0.2, 0.25) is 12.3 Å². The lowest BCUT2D eigenvalue weighted by Crippen LogP contribution is -2.26. The minimum Gasteiger partial charge on any atom is -0.429 e. The summed E-state index contributed by atoms with van der Waals surface area (Å²) in [5.41, 5.74) is 1.45. The van der Waals surface area contributed by atoms with Crippen molar-refractivity contribution in [2.24, 2.45) is 5.18 Å². The highest BCUT2D eigenvalue weighted by molar-refractivity contribution is 5.93. The van der Waals surface area contributed by atoms with Crippen LogP contribution in [0.5, 0.6) is 5.75 Å². The Labute approximate surface area is 148 Å². The first-order chi connectivity index (χ1) is 12.6. The molecule has 0 unspecified atom stereocenters. The number of nitroso groups, excluding NO2 is 1. The number of carbonyl (C=O) groups is 3. The molecule has 0 bridgehead atoms. The van der Waals surface area contributed by atoms with Crippen molar-refractivity contribution in [3.05, 3.63) is 59.0 Å². The zero-order valence-electron chi connectivity index (χ0n) is 13.5. The monoisotopic (exact) mass is 357 g/mol. The van der Waals surface area contributed by atoms with Crippen LogP contribution < -0.4 is 15.4 Å². The van der Waals surface area contributed by atoms with E-state index in [0.717, 1.165) is 0 Å². The Hall–Kier alpha value is -3.75. The Morgan fingerprint density at radius 2 is 1.73 bits per heavy atom. The first-order valence-corrected chi connectivity index (χ1v) is 7.44. The minimum absolute atomic E-state index is 0.0201. The summed E-state index contributed by atoms with van der Waals surface area (Å²) in [6, 6.07) is 12.3. The highest BCUT2D eigenvalue weighted by atomic mass is 16.7. The summed E-state index contributed by atoms with van der Waals surface area (Å²) in [6.45, 7) is -0.141. The molecule has 0 heterocycles. The van der Waals surface area contributed by atoms with E-state index in [0.29, 0.717) is 17.7 Å². The van der Waals surface area contributed by atoms with Gasteiger partial charge in [-0.25, -0.2) is 4.79 Å². The summed E-state index contributed by atoms with van der Waals surface area (Å²) in [6.07, 6.45) is -0.457. The molecule has 0 aliphatic heterocycles. The number of nitrogens with one attached hydrogen (secondary N) is 2. The molecule has 26 heavy (non-hydrogen) atoms. The third-order valence-corrected chi connectivity index (χ3v) is 3.08. The van der Waals surface area contributed by atoms with Gasteiger partial charge in [0.05, 0.1) is 6.54 Å². The van der Waals surface area contributed by atoms with E-state index in [9.17, 15) is 19.3 Å². The van der Waals surface area contributed by atoms with Crippen molar-refractivity contribution in [3.63, 3.8) is 0 Å². The van der Waals surface area contributed by atoms with Crippen LogP contribution in [0.3, 0.4) is 0 Å². The van der Waals surface area contributed by atoms with Gasteiger partial charge < -0.3 is 20.1 Å². The van der Waals surface area contributed by atoms with E-state index in [1.165, 1.54) is 24.3 Å². The average molecular weight is 357 g/mol. The molecule has 0 aliphatic carbocycles. The Morgan fingerprint density at radius 1 is 1.04 bits per heavy atom. The second kappa shape index (κ2) is 9.52. The number of ether oxygens (including phenoxy) is 2. The van der Waals surface area contributed by atoms with Gasteiger partial charge in [-0.05, 0) is 47.1 Å². The van der Waals surface area contributed by atoms with Gasteiger partial charge in [-0.15, -0.1) is 4.91 Å². The lowest BCUT2D eigenvalue weighted by Gasteiger charge is -2.08. The number of nitrogens with zero attached hydrogens (tertiary/aromatic N) is 1. The lowest BCUT2D eigenvalue weighted by molar-refractivity contribution is -0.118. The molecule has 2 aromatic rings. The number of hydrogen-bond acceptors (Lipinski definition) is 7. The van der Waals surface area contributed by atoms with E-state index in [-0.39, 0.29) is 30.5 Å². The molecular formula is C17H15N3O6. The molecule has 2 aromatic carbocycles. The van der Waals surface area contributed by atoms with Gasteiger partial charge in [0.1, 0.15) is 18.0 Å². The van der Waals surface area contributed by atoms with Gasteiger partial charge in [-0.3, -0.25) is 9.59 Å². The normalized spacial score (nSPS) is 9.69. The molecular weight excluding hydrogens is 342 g/mol. The topological polar surface area (TPSA) is 123 Å². The summed E-state index contributed by atoms with van der Waals surface area (Å²) < 4.78 is 9.93. The Kier molecular flexibility index (Phi) is 6.81. The second-order valence-electron chi connectivity index (χ2n) is 4.97. The lowest BCUT2D eigenvalue weighted by atomic mass is 10.2. The van der Waals surface area contributed by atoms with E-state index in [4.69, 9.17) is 9.47 Å². The fraction of sp³-hybridized carbons (Fsp3) is 0.118. The van der Waals surface area contributed by atoms with E-state index < -0.39 is 6.16 Å². The Balaban J connectivity index is 1.79. The van der Waals surface area contributed by atoms with Crippen LogP contribution in [0.25, 0.3) is 0 Å². The molecule has 0 saturated heterocycles. The van der Waals surface area contributed by atoms with E-state index in [2.05, 4.69) is 15.8 Å². The van der Waals surface area contributed by atoms with Crippen molar-refractivity contribution < 1.29 is 23.9 Å². The average Bonchev–Trinajstić information content (AvgIpc) is 2.66. The van der Waals surface area contributed by atoms with Crippen molar-refractivity contribution in [1.29, 1.82) is 0 Å². The fourth-order valence-electron chi connectivity index (χ4n) is 1.87. The maximum absolute atomic E-state index is 11.6. The molecule has 9 heteroatoms. The van der Waals surface area contributed by atoms with Gasteiger partial charge in [-0.2, -0.15) is 0 Å². The molecule has 0 atom stereocenters. The summed E-state index contributed by atoms with van der Waals surface area (Å²) in [5.74, 6) is -0.134. The largest absolute Gasteiger partial charge is 0.514 e. The zero-order valence-corrected chi connectivity index (χ0v) is 13.5. The van der Waals surface area contributed by atoms with Gasteiger partial charge in [0.15, 0.2) is 0 Å². The van der Waals surface area contributed by atoms with Crippen LogP contribution in [0.1, 0.15) is 5.56 Å². The SMILES string of the molecule is O=CNCC(=O)Nc1ccc(COC(=O)Oc2ccc(N=O)cc2)cc1. The van der Waals surface area contributed by atoms with Crippen LogP contribution in [0.2, 0.25) is 0 Å². The molecule has 2 N–H and O–H groups in total. The molecule has 0 aromatic heterocycles. The van der Waals surface area contributed by atoms with Crippen LogP contribution >= 0.6 is 0 Å². The summed E-state index contributed by atoms with van der Waals surface area (Å²) >= 11 is 0. The maximum Gasteiger partial charge on any atom is 0.514 e. The van der Waals surface area contributed by atoms with Crippen molar-refractivity contribution in [2.75, 3.05) is 11.9 Å². The Bertz CT molecular complexity index is 774. The first kappa shape index (κ1) is 18.6. The smallest absolute Gasteiger partial charge is 0.429 e. The first-order valence-electron chi connectivity index (χ1n) is 7.44. The predicted molar refractivity (Wildman–Crippen MR) is 91.8 cm³/mol. The molecule has 0 fully saturated rings. The van der Waals surface area contributed by atoms with Crippen LogP contribution in [-0.2, 0) is 20.9 Å². The number of rotatable bonds is 8. The molecule has 0 aliphatic rings. The number of amides is 2. The molecule has 134 valence electrons. The number of carbonyl (C=O) groups excluding carboxylic acids is 3. The molecule has 0 saturated carbocycles. The van der Waals surface area contributed by atoms with Crippen LogP contribution in [0, 0.1) is 4.91 Å². The van der Waals surface area contributed by atoms with Crippen LogP contribution in [-0.4, -0.2) is 25.0 Å². The summed E-state index contributed by atoms with van der Waals surface area (Å²) in [5, 5.41) is 7.58. The van der Waals surface area contributed by atoms with Crippen molar-refractivity contribution in [1.82, 2.24) is 5.32 Å². The minimum atomic E-state index is -0.894. The van der Waals surface area contributed by atoms with E-state index >= 15 is 0 Å². The third-order valence-electron chi connectivity index (χ3n) is 3.08. The van der Waals surface area contributed by atoms with Gasteiger partial charge >= 0.3 is 6.16 Å². The number of hydrogen-bond donors (Lipinski definition) is 2. The molecule has 0 radical (unpaired) electrons. The predicted octanol–water partition coefficient (Wildman–Crippen LogP) is 2.48.